The lowest BCUT2D eigenvalue weighted by atomic mass is 10.1. The number of carboxylic acids is 1. The molecule has 102 valence electrons. The smallest absolute Gasteiger partial charge is 0.318 e. The number of ether oxygens (including phenoxy) is 2. The molecular weight excluding hydrogens is 240 g/mol. The molecule has 2 saturated heterocycles. The molecule has 18 heavy (non-hydrogen) atoms. The number of aliphatic carboxylic acids is 1. The number of nitrogens with zero attached hydrogens (tertiary/aromatic N) is 1. The minimum absolute atomic E-state index is 0.0332. The largest absolute Gasteiger partial charge is 0.481 e. The summed E-state index contributed by atoms with van der Waals surface area (Å²) in [5.41, 5.74) is 0. The van der Waals surface area contributed by atoms with Crippen LogP contribution in [0.5, 0.6) is 0 Å². The Hall–Kier alpha value is -1.34. The lowest BCUT2D eigenvalue weighted by Crippen LogP contribution is -2.55. The van der Waals surface area contributed by atoms with E-state index in [4.69, 9.17) is 14.6 Å². The maximum Gasteiger partial charge on any atom is 0.318 e. The van der Waals surface area contributed by atoms with Crippen LogP contribution in [0.15, 0.2) is 0 Å². The Morgan fingerprint density at radius 2 is 2.06 bits per heavy atom. The van der Waals surface area contributed by atoms with E-state index in [2.05, 4.69) is 5.32 Å². The van der Waals surface area contributed by atoms with Gasteiger partial charge in [0.05, 0.1) is 38.3 Å². The lowest BCUT2D eigenvalue weighted by Gasteiger charge is -2.35. The van der Waals surface area contributed by atoms with Gasteiger partial charge in [0, 0.05) is 13.2 Å². The molecule has 2 unspecified atom stereocenters. The van der Waals surface area contributed by atoms with Crippen molar-refractivity contribution in [2.24, 2.45) is 0 Å². The van der Waals surface area contributed by atoms with Gasteiger partial charge in [-0.2, -0.15) is 0 Å². The first-order valence-corrected chi connectivity index (χ1v) is 6.11. The molecule has 2 atom stereocenters. The molecule has 2 fully saturated rings. The van der Waals surface area contributed by atoms with E-state index >= 15 is 0 Å². The van der Waals surface area contributed by atoms with Crippen LogP contribution in [0.2, 0.25) is 0 Å². The average Bonchev–Trinajstić information content (AvgIpc) is 2.81. The molecule has 2 rings (SSSR count). The van der Waals surface area contributed by atoms with Gasteiger partial charge >= 0.3 is 12.0 Å². The van der Waals surface area contributed by atoms with Crippen LogP contribution in [-0.4, -0.2) is 67.1 Å². The van der Waals surface area contributed by atoms with E-state index < -0.39 is 12.0 Å². The molecule has 0 aromatic heterocycles. The van der Waals surface area contributed by atoms with Crippen molar-refractivity contribution in [1.82, 2.24) is 10.2 Å². The summed E-state index contributed by atoms with van der Waals surface area (Å²) in [6.07, 6.45) is 0.717. The molecule has 7 heteroatoms. The van der Waals surface area contributed by atoms with Crippen LogP contribution in [0.25, 0.3) is 0 Å². The van der Waals surface area contributed by atoms with E-state index in [1.807, 2.05) is 0 Å². The van der Waals surface area contributed by atoms with Crippen molar-refractivity contribution in [3.05, 3.63) is 0 Å². The lowest BCUT2D eigenvalue weighted by molar-refractivity contribution is -0.139. The van der Waals surface area contributed by atoms with Crippen molar-refractivity contribution in [2.75, 3.05) is 33.0 Å². The Morgan fingerprint density at radius 3 is 2.72 bits per heavy atom. The number of hydrogen-bond acceptors (Lipinski definition) is 4. The first-order chi connectivity index (χ1) is 8.66. The molecule has 0 aliphatic carbocycles. The van der Waals surface area contributed by atoms with Crippen molar-refractivity contribution in [1.29, 1.82) is 0 Å². The topological polar surface area (TPSA) is 88.1 Å². The third kappa shape index (κ3) is 3.33. The van der Waals surface area contributed by atoms with Crippen molar-refractivity contribution in [3.63, 3.8) is 0 Å². The second-order valence-electron chi connectivity index (χ2n) is 4.53. The molecule has 2 N–H and O–H groups in total. The summed E-state index contributed by atoms with van der Waals surface area (Å²) in [5.74, 6) is -0.924. The Kier molecular flexibility index (Phi) is 4.38. The number of hydrogen-bond donors (Lipinski definition) is 2. The average molecular weight is 258 g/mol. The van der Waals surface area contributed by atoms with Crippen LogP contribution in [0.1, 0.15) is 12.8 Å². The van der Waals surface area contributed by atoms with Crippen molar-refractivity contribution < 1.29 is 24.2 Å². The fraction of sp³-hybridized carbons (Fsp3) is 0.818. The monoisotopic (exact) mass is 258 g/mol. The van der Waals surface area contributed by atoms with Crippen LogP contribution in [0, 0.1) is 0 Å². The van der Waals surface area contributed by atoms with Crippen molar-refractivity contribution >= 4 is 12.0 Å². The number of carbonyl (C=O) groups is 2. The van der Waals surface area contributed by atoms with Gasteiger partial charge in [-0.3, -0.25) is 4.79 Å². The van der Waals surface area contributed by atoms with E-state index in [1.165, 1.54) is 0 Å². The van der Waals surface area contributed by atoms with Gasteiger partial charge in [0.15, 0.2) is 0 Å². The normalized spacial score (nSPS) is 28.1. The summed E-state index contributed by atoms with van der Waals surface area (Å²) in [4.78, 5) is 24.4. The molecule has 0 aromatic carbocycles. The summed E-state index contributed by atoms with van der Waals surface area (Å²) < 4.78 is 10.4. The van der Waals surface area contributed by atoms with Crippen molar-refractivity contribution in [2.45, 2.75) is 24.9 Å². The number of carbonyl (C=O) groups excluding carboxylic acids is 1. The molecule has 0 saturated carbocycles. The van der Waals surface area contributed by atoms with Gasteiger partial charge in [-0.1, -0.05) is 0 Å². The molecule has 0 aromatic rings. The molecule has 2 aliphatic heterocycles. The van der Waals surface area contributed by atoms with Gasteiger partial charge in [-0.25, -0.2) is 4.79 Å². The van der Waals surface area contributed by atoms with Crippen molar-refractivity contribution in [3.8, 4) is 0 Å². The van der Waals surface area contributed by atoms with Gasteiger partial charge < -0.3 is 24.8 Å². The molecule has 7 nitrogen and oxygen atoms in total. The molecule has 0 radical (unpaired) electrons. The second-order valence-corrected chi connectivity index (χ2v) is 4.53. The van der Waals surface area contributed by atoms with Gasteiger partial charge in [0.1, 0.15) is 0 Å². The molecule has 2 heterocycles. The van der Waals surface area contributed by atoms with E-state index in [1.54, 1.807) is 4.90 Å². The Labute approximate surface area is 105 Å². The molecule has 0 spiro atoms. The highest BCUT2D eigenvalue weighted by molar-refractivity contribution is 5.76. The fourth-order valence-corrected chi connectivity index (χ4v) is 2.20. The third-order valence-corrected chi connectivity index (χ3v) is 3.16. The third-order valence-electron chi connectivity index (χ3n) is 3.16. The standard InChI is InChI=1S/C11H18N2O5/c14-10(15)5-9-7-18-4-2-13(9)11(16)12-8-1-3-17-6-8/h8-9H,1-7H2,(H,12,16)(H,14,15). The molecule has 2 aliphatic rings. The minimum Gasteiger partial charge on any atom is -0.481 e. The maximum atomic E-state index is 12.1. The van der Waals surface area contributed by atoms with Crippen LogP contribution >= 0.6 is 0 Å². The summed E-state index contributed by atoms with van der Waals surface area (Å²) in [7, 11) is 0. The summed E-state index contributed by atoms with van der Waals surface area (Å²) >= 11 is 0. The number of rotatable bonds is 3. The number of nitrogens with one attached hydrogen (secondary N) is 1. The predicted octanol–water partition coefficient (Wildman–Crippen LogP) is -0.340. The SMILES string of the molecule is O=C(O)CC1COCCN1C(=O)NC1CCOC1. The second kappa shape index (κ2) is 6.01. The number of amides is 2. The summed E-state index contributed by atoms with van der Waals surface area (Å²) in [5, 5.41) is 11.7. The quantitative estimate of drug-likeness (QED) is 0.723. The van der Waals surface area contributed by atoms with E-state index in [9.17, 15) is 9.59 Å². The zero-order chi connectivity index (χ0) is 13.0. The minimum atomic E-state index is -0.924. The van der Waals surface area contributed by atoms with E-state index in [0.29, 0.717) is 26.4 Å². The van der Waals surface area contributed by atoms with E-state index in [-0.39, 0.29) is 25.1 Å². The fourth-order valence-electron chi connectivity index (χ4n) is 2.20. The zero-order valence-corrected chi connectivity index (χ0v) is 10.1. The molecule has 0 bridgehead atoms. The van der Waals surface area contributed by atoms with Gasteiger partial charge in [-0.05, 0) is 6.42 Å². The highest BCUT2D eigenvalue weighted by Crippen LogP contribution is 2.12. The number of carboxylic acid groups (broad SMARTS) is 1. The predicted molar refractivity (Wildman–Crippen MR) is 61.3 cm³/mol. The highest BCUT2D eigenvalue weighted by atomic mass is 16.5. The molecular formula is C11H18N2O5. The summed E-state index contributed by atoms with van der Waals surface area (Å²) in [6, 6.07) is -0.579. The first-order valence-electron chi connectivity index (χ1n) is 6.11. The van der Waals surface area contributed by atoms with Gasteiger partial charge in [0.2, 0.25) is 0 Å². The Bertz CT molecular complexity index is 317. The molecule has 2 amide bonds. The van der Waals surface area contributed by atoms with Crippen LogP contribution < -0.4 is 5.32 Å². The number of morpholine rings is 1. The zero-order valence-electron chi connectivity index (χ0n) is 10.1. The van der Waals surface area contributed by atoms with Crippen LogP contribution in [0.4, 0.5) is 4.79 Å². The Morgan fingerprint density at radius 1 is 1.28 bits per heavy atom. The first kappa shape index (κ1) is 13.1. The summed E-state index contributed by atoms with van der Waals surface area (Å²) in [6.45, 7) is 2.34. The van der Waals surface area contributed by atoms with E-state index in [0.717, 1.165) is 6.42 Å². The van der Waals surface area contributed by atoms with Crippen LogP contribution in [0.3, 0.4) is 0 Å². The number of urea groups is 1. The van der Waals surface area contributed by atoms with Gasteiger partial charge in [-0.15, -0.1) is 0 Å². The maximum absolute atomic E-state index is 12.1. The Balaban J connectivity index is 1.90. The highest BCUT2D eigenvalue weighted by Gasteiger charge is 2.30. The van der Waals surface area contributed by atoms with Gasteiger partial charge in [0.25, 0.3) is 0 Å². The van der Waals surface area contributed by atoms with Crippen LogP contribution in [-0.2, 0) is 14.3 Å².